The highest BCUT2D eigenvalue weighted by Crippen LogP contribution is 2.42. The predicted octanol–water partition coefficient (Wildman–Crippen LogP) is 3.76. The van der Waals surface area contributed by atoms with Crippen molar-refractivity contribution >= 4 is 23.3 Å². The third-order valence-electron chi connectivity index (χ3n) is 8.44. The van der Waals surface area contributed by atoms with Crippen molar-refractivity contribution in [1.82, 2.24) is 24.8 Å². The van der Waals surface area contributed by atoms with E-state index >= 15 is 0 Å². The van der Waals surface area contributed by atoms with Crippen LogP contribution in [0.25, 0.3) is 16.9 Å². The molecule has 1 atom stereocenters. The summed E-state index contributed by atoms with van der Waals surface area (Å²) < 4.78 is 33.0. The topological polar surface area (TPSA) is 135 Å². The summed E-state index contributed by atoms with van der Waals surface area (Å²) >= 11 is 0. The quantitative estimate of drug-likeness (QED) is 0.405. The Balaban J connectivity index is 1.34. The van der Waals surface area contributed by atoms with E-state index in [2.05, 4.69) is 15.4 Å². The zero-order valence-electron chi connectivity index (χ0n) is 22.4. The van der Waals surface area contributed by atoms with Crippen molar-refractivity contribution in [1.29, 1.82) is 0 Å². The van der Waals surface area contributed by atoms with Gasteiger partial charge in [-0.3, -0.25) is 9.59 Å². The molecule has 3 aromatic rings. The molecule has 1 unspecified atom stereocenters. The molecular formula is C28H32F2N6O4. The number of benzene rings is 1. The fourth-order valence-electron chi connectivity index (χ4n) is 5.90. The van der Waals surface area contributed by atoms with Crippen LogP contribution in [-0.2, 0) is 6.54 Å². The van der Waals surface area contributed by atoms with Crippen LogP contribution in [0.1, 0.15) is 78.7 Å². The lowest BCUT2D eigenvalue weighted by atomic mass is 9.83. The summed E-state index contributed by atoms with van der Waals surface area (Å²) in [6, 6.07) is 4.68. The van der Waals surface area contributed by atoms with E-state index in [1.807, 2.05) is 6.92 Å². The zero-order chi connectivity index (χ0) is 28.3. The molecule has 0 saturated heterocycles. The molecule has 10 nitrogen and oxygen atoms in total. The SMILES string of the molecule is CC(C1CC1)N1Cc2cc(-c3ccn4nc(N)c(C(=O)N[C@H]5CC[C@@](C)(O)CC5)c4n3)cc(OC(F)F)c2C1=O. The molecule has 4 N–H and O–H groups in total. The number of aliphatic hydroxyl groups is 1. The summed E-state index contributed by atoms with van der Waals surface area (Å²) in [6.45, 7) is 0.962. The highest BCUT2D eigenvalue weighted by molar-refractivity contribution is 6.05. The van der Waals surface area contributed by atoms with Crippen LogP contribution in [0.4, 0.5) is 14.6 Å². The maximum Gasteiger partial charge on any atom is 0.387 e. The minimum Gasteiger partial charge on any atom is -0.434 e. The van der Waals surface area contributed by atoms with Gasteiger partial charge in [0.25, 0.3) is 11.8 Å². The highest BCUT2D eigenvalue weighted by Gasteiger charge is 2.40. The number of carbonyl (C=O) groups excluding carboxylic acids is 2. The second-order valence-electron chi connectivity index (χ2n) is 11.5. The van der Waals surface area contributed by atoms with Crippen LogP contribution in [-0.4, -0.2) is 60.7 Å². The van der Waals surface area contributed by atoms with E-state index in [1.54, 1.807) is 30.2 Å². The van der Waals surface area contributed by atoms with Gasteiger partial charge >= 0.3 is 6.61 Å². The lowest BCUT2D eigenvalue weighted by molar-refractivity contribution is -0.0501. The molecule has 2 amide bonds. The molecule has 0 radical (unpaired) electrons. The van der Waals surface area contributed by atoms with Gasteiger partial charge in [0.1, 0.15) is 11.3 Å². The number of alkyl halides is 2. The first kappa shape index (κ1) is 26.4. The first-order chi connectivity index (χ1) is 19.0. The Hall–Kier alpha value is -3.80. The predicted molar refractivity (Wildman–Crippen MR) is 142 cm³/mol. The number of rotatable bonds is 7. The number of anilines is 1. The molecule has 40 heavy (non-hydrogen) atoms. The molecular weight excluding hydrogens is 522 g/mol. The normalized spacial score (nSPS) is 23.5. The second-order valence-corrected chi connectivity index (χ2v) is 11.5. The third-order valence-corrected chi connectivity index (χ3v) is 8.44. The standard InChI is InChI=1S/C28H32F2N6O4/c1-14(15-3-4-15)35-13-17-11-16(12-20(40-27(29)30)21(17)26(35)38)19-7-10-36-24(33-19)22(23(31)34-36)25(37)32-18-5-8-28(2,39)9-6-18/h7,10-12,14-15,18,27,39H,3-6,8-9,13H2,1-2H3,(H2,31,34)(H,32,37)/t14?,18-,28+. The van der Waals surface area contributed by atoms with Gasteiger partial charge in [-0.2, -0.15) is 8.78 Å². The Morgan fingerprint density at radius 2 is 1.98 bits per heavy atom. The lowest BCUT2D eigenvalue weighted by Crippen LogP contribution is -2.42. The molecule has 2 aliphatic carbocycles. The van der Waals surface area contributed by atoms with Gasteiger partial charge in [0.05, 0.1) is 16.9 Å². The highest BCUT2D eigenvalue weighted by atomic mass is 19.3. The molecule has 3 heterocycles. The Morgan fingerprint density at radius 1 is 1.25 bits per heavy atom. The number of ether oxygens (including phenoxy) is 1. The number of carbonyl (C=O) groups is 2. The Morgan fingerprint density at radius 3 is 2.65 bits per heavy atom. The van der Waals surface area contributed by atoms with Crippen LogP contribution in [0.15, 0.2) is 24.4 Å². The van der Waals surface area contributed by atoms with Gasteiger partial charge in [-0.15, -0.1) is 5.10 Å². The molecule has 1 aromatic carbocycles. The van der Waals surface area contributed by atoms with Crippen molar-refractivity contribution in [3.8, 4) is 17.0 Å². The largest absolute Gasteiger partial charge is 0.434 e. The van der Waals surface area contributed by atoms with Gasteiger partial charge in [-0.25, -0.2) is 9.50 Å². The average Bonchev–Trinajstić information content (AvgIpc) is 3.61. The van der Waals surface area contributed by atoms with Crippen molar-refractivity contribution < 1.29 is 28.2 Å². The summed E-state index contributed by atoms with van der Waals surface area (Å²) in [5.74, 6) is -0.504. The number of nitrogens with one attached hydrogen (secondary N) is 1. The van der Waals surface area contributed by atoms with Gasteiger partial charge in [-0.05, 0) is 82.1 Å². The number of aromatic nitrogens is 3. The van der Waals surface area contributed by atoms with Crippen molar-refractivity contribution in [3.05, 3.63) is 41.1 Å². The van der Waals surface area contributed by atoms with E-state index in [9.17, 15) is 23.5 Å². The van der Waals surface area contributed by atoms with E-state index in [1.165, 1.54) is 10.6 Å². The number of halogens is 2. The summed E-state index contributed by atoms with van der Waals surface area (Å²) in [4.78, 5) is 32.8. The second kappa shape index (κ2) is 9.69. The molecule has 3 aliphatic rings. The average molecular weight is 555 g/mol. The molecule has 1 aliphatic heterocycles. The van der Waals surface area contributed by atoms with Crippen LogP contribution in [0.3, 0.4) is 0 Å². The monoisotopic (exact) mass is 554 g/mol. The number of fused-ring (bicyclic) bond motifs is 2. The van der Waals surface area contributed by atoms with Gasteiger partial charge in [0.2, 0.25) is 0 Å². The number of nitrogens with zero attached hydrogens (tertiary/aromatic N) is 4. The molecule has 212 valence electrons. The van der Waals surface area contributed by atoms with Crippen molar-refractivity contribution in [2.45, 2.75) is 83.2 Å². The van der Waals surface area contributed by atoms with Crippen LogP contribution < -0.4 is 15.8 Å². The zero-order valence-corrected chi connectivity index (χ0v) is 22.4. The number of hydrogen-bond donors (Lipinski definition) is 3. The van der Waals surface area contributed by atoms with E-state index < -0.39 is 18.1 Å². The molecule has 2 saturated carbocycles. The maximum absolute atomic E-state index is 13.4. The fraction of sp³-hybridized carbons (Fsp3) is 0.500. The molecule has 6 rings (SSSR count). The number of nitrogens with two attached hydrogens (primary N) is 1. The van der Waals surface area contributed by atoms with Crippen molar-refractivity contribution in [2.24, 2.45) is 5.92 Å². The molecule has 2 fully saturated rings. The number of hydrogen-bond acceptors (Lipinski definition) is 7. The maximum atomic E-state index is 13.4. The van der Waals surface area contributed by atoms with Gasteiger partial charge in [0.15, 0.2) is 11.5 Å². The van der Waals surface area contributed by atoms with E-state index in [4.69, 9.17) is 10.5 Å². The molecule has 12 heteroatoms. The minimum absolute atomic E-state index is 0.00310. The van der Waals surface area contributed by atoms with Gasteiger partial charge in [-0.1, -0.05) is 0 Å². The first-order valence-electron chi connectivity index (χ1n) is 13.6. The molecule has 0 spiro atoms. The number of nitrogen functional groups attached to an aromatic ring is 1. The van der Waals surface area contributed by atoms with Crippen LogP contribution >= 0.6 is 0 Å². The Labute approximate surface area is 229 Å². The molecule has 0 bridgehead atoms. The van der Waals surface area contributed by atoms with E-state index in [0.29, 0.717) is 55.0 Å². The third kappa shape index (κ3) is 4.85. The summed E-state index contributed by atoms with van der Waals surface area (Å²) in [6.07, 6.45) is 6.10. The van der Waals surface area contributed by atoms with Crippen LogP contribution in [0, 0.1) is 5.92 Å². The van der Waals surface area contributed by atoms with Gasteiger partial charge in [0, 0.05) is 30.4 Å². The lowest BCUT2D eigenvalue weighted by Gasteiger charge is -2.33. The van der Waals surface area contributed by atoms with Gasteiger partial charge < -0.3 is 25.8 Å². The first-order valence-corrected chi connectivity index (χ1v) is 13.6. The molecule has 2 aromatic heterocycles. The fourth-order valence-corrected chi connectivity index (χ4v) is 5.90. The summed E-state index contributed by atoms with van der Waals surface area (Å²) in [5, 5.41) is 17.4. The number of amides is 2. The van der Waals surface area contributed by atoms with Crippen molar-refractivity contribution in [2.75, 3.05) is 5.73 Å². The van der Waals surface area contributed by atoms with Crippen molar-refractivity contribution in [3.63, 3.8) is 0 Å². The van der Waals surface area contributed by atoms with Crippen LogP contribution in [0.2, 0.25) is 0 Å². The minimum atomic E-state index is -3.11. The summed E-state index contributed by atoms with van der Waals surface area (Å²) in [7, 11) is 0. The Bertz CT molecular complexity index is 1490. The van der Waals surface area contributed by atoms with Crippen LogP contribution in [0.5, 0.6) is 5.75 Å². The van der Waals surface area contributed by atoms with E-state index in [0.717, 1.165) is 12.8 Å². The van der Waals surface area contributed by atoms with E-state index in [-0.39, 0.29) is 46.3 Å². The Kier molecular flexibility index (Phi) is 6.40. The summed E-state index contributed by atoms with van der Waals surface area (Å²) in [5.41, 5.74) is 7.30. The smallest absolute Gasteiger partial charge is 0.387 e.